The molecule has 0 unspecified atom stereocenters. The summed E-state index contributed by atoms with van der Waals surface area (Å²) in [4.78, 5) is 26.8. The summed E-state index contributed by atoms with van der Waals surface area (Å²) in [6.45, 7) is 3.47. The molecule has 2 amide bonds. The van der Waals surface area contributed by atoms with Gasteiger partial charge in [0, 0.05) is 20.1 Å². The number of nitrogens with zero attached hydrogens (tertiary/aromatic N) is 1. The first-order valence-corrected chi connectivity index (χ1v) is 7.99. The predicted molar refractivity (Wildman–Crippen MR) is 86.3 cm³/mol. The molecule has 0 saturated carbocycles. The molecule has 0 bridgehead atoms. The molecule has 0 aliphatic carbocycles. The van der Waals surface area contributed by atoms with Crippen LogP contribution in [-0.2, 0) is 9.59 Å². The van der Waals surface area contributed by atoms with Crippen LogP contribution in [0.1, 0.15) is 37.8 Å². The number of hydrogen-bond donors (Lipinski definition) is 2. The Kier molecular flexibility index (Phi) is 5.95. The van der Waals surface area contributed by atoms with E-state index in [1.165, 1.54) is 0 Å². The minimum Gasteiger partial charge on any atom is -0.358 e. The highest BCUT2D eigenvalue weighted by atomic mass is 16.2. The van der Waals surface area contributed by atoms with Gasteiger partial charge >= 0.3 is 0 Å². The standard InChI is InChI=1S/C17H25N3O2/c1-3-11-19-16(21)14-10-7-12-20(14)15(17(22)18-2)13-8-5-4-6-9-13/h4-6,8-9,14-15H,3,7,10-12H2,1-2H3,(H,18,22)(H,19,21)/t14-,15+/m0/s1. The maximum atomic E-state index is 12.4. The van der Waals surface area contributed by atoms with Gasteiger partial charge in [-0.2, -0.15) is 0 Å². The maximum absolute atomic E-state index is 12.4. The zero-order valence-electron chi connectivity index (χ0n) is 13.3. The van der Waals surface area contributed by atoms with Crippen LogP contribution in [0.15, 0.2) is 30.3 Å². The summed E-state index contributed by atoms with van der Waals surface area (Å²) in [5.74, 6) is -0.0365. The summed E-state index contributed by atoms with van der Waals surface area (Å²) >= 11 is 0. The van der Waals surface area contributed by atoms with E-state index in [2.05, 4.69) is 10.6 Å². The lowest BCUT2D eigenvalue weighted by Crippen LogP contribution is -2.48. The number of carbonyl (C=O) groups is 2. The third-order valence-electron chi connectivity index (χ3n) is 4.09. The van der Waals surface area contributed by atoms with Crippen molar-refractivity contribution >= 4 is 11.8 Å². The van der Waals surface area contributed by atoms with E-state index < -0.39 is 6.04 Å². The van der Waals surface area contributed by atoms with Gasteiger partial charge in [0.25, 0.3) is 0 Å². The van der Waals surface area contributed by atoms with E-state index >= 15 is 0 Å². The van der Waals surface area contributed by atoms with E-state index in [1.54, 1.807) is 7.05 Å². The fraction of sp³-hybridized carbons (Fsp3) is 0.529. The number of carbonyl (C=O) groups excluding carboxylic acids is 2. The second-order valence-corrected chi connectivity index (χ2v) is 5.61. The van der Waals surface area contributed by atoms with Crippen molar-refractivity contribution in [2.24, 2.45) is 0 Å². The first-order valence-electron chi connectivity index (χ1n) is 7.99. The smallest absolute Gasteiger partial charge is 0.241 e. The van der Waals surface area contributed by atoms with Crippen molar-refractivity contribution in [3.63, 3.8) is 0 Å². The monoisotopic (exact) mass is 303 g/mol. The Balaban J connectivity index is 2.23. The van der Waals surface area contributed by atoms with Crippen LogP contribution < -0.4 is 10.6 Å². The van der Waals surface area contributed by atoms with Gasteiger partial charge in [0.1, 0.15) is 6.04 Å². The van der Waals surface area contributed by atoms with Gasteiger partial charge in [0.05, 0.1) is 6.04 Å². The fourth-order valence-electron chi connectivity index (χ4n) is 3.01. The molecule has 2 rings (SSSR count). The lowest BCUT2D eigenvalue weighted by molar-refractivity contribution is -0.131. The number of hydrogen-bond acceptors (Lipinski definition) is 3. The molecule has 1 heterocycles. The minimum absolute atomic E-state index is 0.0317. The molecule has 1 fully saturated rings. The third kappa shape index (κ3) is 3.65. The Morgan fingerprint density at radius 2 is 2.05 bits per heavy atom. The Bertz CT molecular complexity index is 504. The summed E-state index contributed by atoms with van der Waals surface area (Å²) in [5, 5.41) is 5.69. The Hall–Kier alpha value is -1.88. The number of benzene rings is 1. The van der Waals surface area contributed by atoms with E-state index in [4.69, 9.17) is 0 Å². The van der Waals surface area contributed by atoms with Gasteiger partial charge in [0.2, 0.25) is 11.8 Å². The molecule has 1 aliphatic rings. The SMILES string of the molecule is CCCNC(=O)[C@@H]1CCCN1[C@@H](C(=O)NC)c1ccccc1. The van der Waals surface area contributed by atoms with Crippen molar-refractivity contribution in [2.45, 2.75) is 38.3 Å². The molecule has 5 heteroatoms. The maximum Gasteiger partial charge on any atom is 0.241 e. The average Bonchev–Trinajstić information content (AvgIpc) is 3.03. The molecule has 1 aromatic carbocycles. The van der Waals surface area contributed by atoms with Crippen molar-refractivity contribution in [1.29, 1.82) is 0 Å². The highest BCUT2D eigenvalue weighted by Crippen LogP contribution is 2.29. The summed E-state index contributed by atoms with van der Waals surface area (Å²) in [6.07, 6.45) is 2.65. The Labute approximate surface area is 132 Å². The largest absolute Gasteiger partial charge is 0.358 e. The molecule has 2 atom stereocenters. The topological polar surface area (TPSA) is 61.4 Å². The number of nitrogens with one attached hydrogen (secondary N) is 2. The van der Waals surface area contributed by atoms with E-state index in [9.17, 15) is 9.59 Å². The molecule has 5 nitrogen and oxygen atoms in total. The van der Waals surface area contributed by atoms with Crippen molar-refractivity contribution < 1.29 is 9.59 Å². The molecule has 22 heavy (non-hydrogen) atoms. The van der Waals surface area contributed by atoms with Crippen molar-refractivity contribution in [3.8, 4) is 0 Å². The first-order chi connectivity index (χ1) is 10.7. The molecule has 2 N–H and O–H groups in total. The molecule has 0 aromatic heterocycles. The lowest BCUT2D eigenvalue weighted by Gasteiger charge is -2.31. The zero-order valence-corrected chi connectivity index (χ0v) is 13.3. The Morgan fingerprint density at radius 1 is 1.32 bits per heavy atom. The second kappa shape index (κ2) is 7.94. The fourth-order valence-corrected chi connectivity index (χ4v) is 3.01. The van der Waals surface area contributed by atoms with Crippen LogP contribution in [-0.4, -0.2) is 42.9 Å². The van der Waals surface area contributed by atoms with Crippen LogP contribution in [0.25, 0.3) is 0 Å². The van der Waals surface area contributed by atoms with Crippen LogP contribution in [0, 0.1) is 0 Å². The van der Waals surface area contributed by atoms with Crippen molar-refractivity contribution in [2.75, 3.05) is 20.1 Å². The highest BCUT2D eigenvalue weighted by molar-refractivity contribution is 5.86. The van der Waals surface area contributed by atoms with Crippen LogP contribution in [0.3, 0.4) is 0 Å². The molecule has 1 aromatic rings. The zero-order chi connectivity index (χ0) is 15.9. The summed E-state index contributed by atoms with van der Waals surface area (Å²) in [6, 6.07) is 9.03. The van der Waals surface area contributed by atoms with Crippen LogP contribution in [0.5, 0.6) is 0 Å². The Morgan fingerprint density at radius 3 is 2.68 bits per heavy atom. The number of likely N-dealkylation sites (tertiary alicyclic amines) is 1. The molecule has 0 spiro atoms. The van der Waals surface area contributed by atoms with Gasteiger partial charge in [-0.3, -0.25) is 14.5 Å². The van der Waals surface area contributed by atoms with Crippen molar-refractivity contribution in [1.82, 2.24) is 15.5 Å². The van der Waals surface area contributed by atoms with Crippen LogP contribution in [0.2, 0.25) is 0 Å². The minimum atomic E-state index is -0.411. The lowest BCUT2D eigenvalue weighted by atomic mass is 10.0. The quantitative estimate of drug-likeness (QED) is 0.836. The van der Waals surface area contributed by atoms with E-state index in [0.717, 1.165) is 31.4 Å². The molecule has 120 valence electrons. The third-order valence-corrected chi connectivity index (χ3v) is 4.09. The normalized spacial score (nSPS) is 19.6. The van der Waals surface area contributed by atoms with Gasteiger partial charge in [-0.05, 0) is 24.8 Å². The number of rotatable bonds is 6. The number of amides is 2. The van der Waals surface area contributed by atoms with Gasteiger partial charge in [0.15, 0.2) is 0 Å². The van der Waals surface area contributed by atoms with Crippen molar-refractivity contribution in [3.05, 3.63) is 35.9 Å². The number of likely N-dealkylation sites (N-methyl/N-ethyl adjacent to an activating group) is 1. The highest BCUT2D eigenvalue weighted by Gasteiger charge is 2.38. The second-order valence-electron chi connectivity index (χ2n) is 5.61. The summed E-state index contributed by atoms with van der Waals surface area (Å²) in [5.41, 5.74) is 0.928. The van der Waals surface area contributed by atoms with E-state index in [0.29, 0.717) is 6.54 Å². The predicted octanol–water partition coefficient (Wildman–Crippen LogP) is 1.46. The molecule has 0 radical (unpaired) electrons. The van der Waals surface area contributed by atoms with Crippen LogP contribution in [0.4, 0.5) is 0 Å². The van der Waals surface area contributed by atoms with Gasteiger partial charge < -0.3 is 10.6 Å². The molecule has 1 saturated heterocycles. The molecular formula is C17H25N3O2. The van der Waals surface area contributed by atoms with E-state index in [1.807, 2.05) is 42.2 Å². The van der Waals surface area contributed by atoms with Gasteiger partial charge in [-0.1, -0.05) is 37.3 Å². The van der Waals surface area contributed by atoms with Gasteiger partial charge in [-0.15, -0.1) is 0 Å². The summed E-state index contributed by atoms with van der Waals surface area (Å²) < 4.78 is 0. The molecule has 1 aliphatic heterocycles. The van der Waals surface area contributed by atoms with Crippen LogP contribution >= 0.6 is 0 Å². The van der Waals surface area contributed by atoms with Gasteiger partial charge in [-0.25, -0.2) is 0 Å². The molecular weight excluding hydrogens is 278 g/mol. The average molecular weight is 303 g/mol. The van der Waals surface area contributed by atoms with E-state index in [-0.39, 0.29) is 17.9 Å². The summed E-state index contributed by atoms with van der Waals surface area (Å²) in [7, 11) is 1.64. The first kappa shape index (κ1) is 16.5.